The van der Waals surface area contributed by atoms with Gasteiger partial charge in [0, 0.05) is 115 Å². The van der Waals surface area contributed by atoms with Crippen molar-refractivity contribution in [1.29, 1.82) is 0 Å². The Balaban J connectivity index is -0.000000391. The van der Waals surface area contributed by atoms with E-state index in [-0.39, 0.29) is 98.1 Å². The van der Waals surface area contributed by atoms with Crippen LogP contribution in [0.25, 0.3) is 0 Å². The van der Waals surface area contributed by atoms with Gasteiger partial charge in [-0.05, 0) is 0 Å². The molecule has 3 rings (SSSR count). The molecule has 171 valence electrons. The predicted octanol–water partition coefficient (Wildman–Crippen LogP) is 6.33. The number of hydrogen-bond donors (Lipinski definition) is 0. The van der Waals surface area contributed by atoms with Crippen LogP contribution in [0.15, 0.2) is 36.4 Å². The van der Waals surface area contributed by atoms with Gasteiger partial charge in [-0.1, -0.05) is 41.5 Å². The zero-order chi connectivity index (χ0) is 22.7. The van der Waals surface area contributed by atoms with E-state index in [0.717, 1.165) is 17.2 Å². The molecule has 0 aliphatic carbocycles. The van der Waals surface area contributed by atoms with Crippen LogP contribution in [0, 0.1) is 59.7 Å². The van der Waals surface area contributed by atoms with Gasteiger partial charge in [0.25, 0.3) is 0 Å². The van der Waals surface area contributed by atoms with E-state index in [1.807, 2.05) is 36.4 Å². The van der Waals surface area contributed by atoms with Crippen LogP contribution in [0.4, 0.5) is 0 Å². The van der Waals surface area contributed by atoms with Crippen molar-refractivity contribution in [1.82, 2.24) is 0 Å². The molecule has 3 radical (unpaired) electrons. The van der Waals surface area contributed by atoms with Crippen molar-refractivity contribution in [2.75, 3.05) is 21.3 Å². The van der Waals surface area contributed by atoms with Crippen LogP contribution in [0.2, 0.25) is 0 Å². The van der Waals surface area contributed by atoms with E-state index in [2.05, 4.69) is 59.7 Å². The summed E-state index contributed by atoms with van der Waals surface area (Å²) in [4.78, 5) is 0. The Morgan fingerprint density at radius 3 is 0.788 bits per heavy atom. The Morgan fingerprint density at radius 1 is 0.424 bits per heavy atom. The monoisotopic (exact) mass is 672 g/mol. The van der Waals surface area contributed by atoms with Gasteiger partial charge in [0.15, 0.2) is 0 Å². The maximum Gasteiger partial charge on any atom is 0.0743 e. The number of rotatable bonds is 3. The molecule has 0 aliphatic heterocycles. The molecule has 0 heterocycles. The van der Waals surface area contributed by atoms with Crippen molar-refractivity contribution in [2.24, 2.45) is 0 Å². The largest absolute Gasteiger partial charge is 0.523 e. The van der Waals surface area contributed by atoms with E-state index in [4.69, 9.17) is 14.2 Å². The Morgan fingerprint density at radius 2 is 0.636 bits per heavy atom. The van der Waals surface area contributed by atoms with Gasteiger partial charge < -0.3 is 14.2 Å². The smallest absolute Gasteiger partial charge is 0.0743 e. The van der Waals surface area contributed by atoms with E-state index in [9.17, 15) is 0 Å². The first-order valence-electron chi connectivity index (χ1n) is 9.80. The molecule has 0 N–H and O–H groups in total. The summed E-state index contributed by atoms with van der Waals surface area (Å²) >= 11 is 0. The summed E-state index contributed by atoms with van der Waals surface area (Å²) in [5, 5.41) is 0. The van der Waals surface area contributed by atoms with E-state index in [1.165, 1.54) is 33.4 Å². The van der Waals surface area contributed by atoms with Crippen LogP contribution in [0.1, 0.15) is 33.4 Å². The molecular formula is C27H33O3Y3-3. The standard InChI is InChI=1S/3C9H11O.3Y/c3*1-7-4-5-9(10-3)6-8(7)2;;;/h3*4,6H,1-3H3;;;/q3*-1;;;. The first kappa shape index (κ1) is 37.9. The van der Waals surface area contributed by atoms with Crippen LogP contribution in [-0.4, -0.2) is 21.3 Å². The summed E-state index contributed by atoms with van der Waals surface area (Å²) in [5.74, 6) is 2.43. The molecule has 0 unspecified atom stereocenters. The van der Waals surface area contributed by atoms with E-state index in [0.29, 0.717) is 0 Å². The van der Waals surface area contributed by atoms with Crippen LogP contribution >= 0.6 is 0 Å². The quantitative estimate of drug-likeness (QED) is 0.305. The molecule has 0 atom stereocenters. The van der Waals surface area contributed by atoms with Crippen molar-refractivity contribution in [2.45, 2.75) is 41.5 Å². The summed E-state index contributed by atoms with van der Waals surface area (Å²) in [6.45, 7) is 12.4. The fraction of sp³-hybridized carbons (Fsp3) is 0.333. The molecule has 0 amide bonds. The van der Waals surface area contributed by atoms with Gasteiger partial charge in [-0.2, -0.15) is 51.6 Å². The molecule has 6 heteroatoms. The minimum Gasteiger partial charge on any atom is -0.523 e. The normalized spacial score (nSPS) is 8.64. The van der Waals surface area contributed by atoms with Crippen LogP contribution in [0.5, 0.6) is 17.2 Å². The number of ether oxygens (including phenoxy) is 3. The third-order valence-electron chi connectivity index (χ3n) is 4.86. The van der Waals surface area contributed by atoms with Crippen molar-refractivity contribution in [3.05, 3.63) is 88.0 Å². The maximum absolute atomic E-state index is 4.99. The van der Waals surface area contributed by atoms with Crippen LogP contribution < -0.4 is 14.2 Å². The Kier molecular flexibility index (Phi) is 23.6. The molecule has 0 saturated heterocycles. The van der Waals surface area contributed by atoms with E-state index >= 15 is 0 Å². The van der Waals surface area contributed by atoms with Crippen LogP contribution in [0.3, 0.4) is 0 Å². The Labute approximate surface area is 276 Å². The second-order valence-electron chi connectivity index (χ2n) is 7.10. The number of methoxy groups -OCH3 is 3. The van der Waals surface area contributed by atoms with E-state index < -0.39 is 0 Å². The third-order valence-corrected chi connectivity index (χ3v) is 4.86. The van der Waals surface area contributed by atoms with Gasteiger partial charge in [-0.15, -0.1) is 36.4 Å². The molecule has 0 bridgehead atoms. The fourth-order valence-corrected chi connectivity index (χ4v) is 2.29. The van der Waals surface area contributed by atoms with Crippen molar-refractivity contribution >= 4 is 0 Å². The second kappa shape index (κ2) is 20.6. The first-order chi connectivity index (χ1) is 14.2. The molecule has 3 aromatic carbocycles. The Bertz CT molecular complexity index is 821. The molecule has 3 aromatic rings. The van der Waals surface area contributed by atoms with Crippen LogP contribution in [-0.2, 0) is 98.1 Å². The molecule has 0 saturated carbocycles. The average Bonchev–Trinajstić information content (AvgIpc) is 2.75. The summed E-state index contributed by atoms with van der Waals surface area (Å²) < 4.78 is 15.0. The molecule has 0 fully saturated rings. The average molecular weight is 672 g/mol. The summed E-state index contributed by atoms with van der Waals surface area (Å²) in [6.07, 6.45) is 0. The third kappa shape index (κ3) is 14.5. The van der Waals surface area contributed by atoms with Gasteiger partial charge in [-0.25, -0.2) is 0 Å². The second-order valence-corrected chi connectivity index (χ2v) is 7.10. The van der Waals surface area contributed by atoms with Crippen molar-refractivity contribution < 1.29 is 112 Å². The van der Waals surface area contributed by atoms with Gasteiger partial charge in [-0.3, -0.25) is 0 Å². The zero-order valence-corrected chi connectivity index (χ0v) is 29.9. The number of hydrogen-bond acceptors (Lipinski definition) is 3. The van der Waals surface area contributed by atoms with Gasteiger partial charge >= 0.3 is 0 Å². The summed E-state index contributed by atoms with van der Waals surface area (Å²) in [5.41, 5.74) is 7.49. The summed E-state index contributed by atoms with van der Waals surface area (Å²) in [6, 6.07) is 20.8. The molecule has 0 aliphatic rings. The SMILES string of the molecule is COc1[c-]cc(C)c(C)c1.COc1[c-]cc(C)c(C)c1.COc1[c-]cc(C)c(C)c1.[Y].[Y].[Y]. The Hall–Kier alpha value is 0.372. The van der Waals surface area contributed by atoms with Gasteiger partial charge in [0.2, 0.25) is 0 Å². The van der Waals surface area contributed by atoms with E-state index in [1.54, 1.807) is 21.3 Å². The minimum absolute atomic E-state index is 0. The fourth-order valence-electron chi connectivity index (χ4n) is 2.29. The molecule has 3 nitrogen and oxygen atoms in total. The van der Waals surface area contributed by atoms with Gasteiger partial charge in [0.1, 0.15) is 0 Å². The first-order valence-corrected chi connectivity index (χ1v) is 9.80. The molecule has 33 heavy (non-hydrogen) atoms. The van der Waals surface area contributed by atoms with Gasteiger partial charge in [0.05, 0.1) is 21.3 Å². The predicted molar refractivity (Wildman–Crippen MR) is 124 cm³/mol. The summed E-state index contributed by atoms with van der Waals surface area (Å²) in [7, 11) is 4.96. The minimum atomic E-state index is 0. The maximum atomic E-state index is 4.99. The van der Waals surface area contributed by atoms with Crippen molar-refractivity contribution in [3.63, 3.8) is 0 Å². The number of aryl methyl sites for hydroxylation is 6. The molecule has 0 spiro atoms. The zero-order valence-electron chi connectivity index (χ0n) is 21.4. The number of benzene rings is 3. The topological polar surface area (TPSA) is 27.7 Å². The molecule has 0 aromatic heterocycles. The molecular weight excluding hydrogens is 639 g/mol. The van der Waals surface area contributed by atoms with Crippen molar-refractivity contribution in [3.8, 4) is 17.2 Å².